The van der Waals surface area contributed by atoms with E-state index in [0.717, 1.165) is 5.69 Å². The van der Waals surface area contributed by atoms with Crippen molar-refractivity contribution in [3.8, 4) is 17.6 Å². The molecular formula is C13H14N2O2. The minimum atomic E-state index is -0.497. The lowest BCUT2D eigenvalue weighted by Gasteiger charge is -2.26. The number of carbonyl (C=O) groups is 1. The number of hydrogen-bond donors (Lipinski definition) is 2. The zero-order chi connectivity index (χ0) is 12.1. The lowest BCUT2D eigenvalue weighted by Crippen LogP contribution is -2.44. The van der Waals surface area contributed by atoms with Crippen molar-refractivity contribution in [3.63, 3.8) is 0 Å². The Morgan fingerprint density at radius 2 is 2.41 bits per heavy atom. The highest BCUT2D eigenvalue weighted by molar-refractivity contribution is 5.83. The molecule has 1 aromatic carbocycles. The molecule has 2 rings (SSSR count). The van der Waals surface area contributed by atoms with E-state index in [1.54, 1.807) is 6.92 Å². The predicted octanol–water partition coefficient (Wildman–Crippen LogP) is 0.999. The Labute approximate surface area is 100 Å². The first-order chi connectivity index (χ1) is 8.31. The van der Waals surface area contributed by atoms with E-state index in [2.05, 4.69) is 22.5 Å². The Hall–Kier alpha value is -2.15. The van der Waals surface area contributed by atoms with Crippen LogP contribution in [-0.4, -0.2) is 25.1 Å². The number of anilines is 1. The Morgan fingerprint density at radius 1 is 1.59 bits per heavy atom. The second kappa shape index (κ2) is 5.26. The summed E-state index contributed by atoms with van der Waals surface area (Å²) in [4.78, 5) is 11.7. The van der Waals surface area contributed by atoms with Crippen LogP contribution in [0.2, 0.25) is 0 Å². The number of amides is 1. The summed E-state index contributed by atoms with van der Waals surface area (Å²) in [6.45, 7) is 2.57. The normalized spacial score (nSPS) is 16.6. The van der Waals surface area contributed by atoms with Gasteiger partial charge in [-0.1, -0.05) is 18.1 Å². The maximum atomic E-state index is 11.7. The summed E-state index contributed by atoms with van der Waals surface area (Å²) in [5.41, 5.74) is 0.921. The first-order valence-electron chi connectivity index (χ1n) is 5.48. The molecule has 0 fully saturated rings. The number of rotatable bonds is 2. The van der Waals surface area contributed by atoms with Crippen molar-refractivity contribution in [2.45, 2.75) is 13.0 Å². The minimum Gasteiger partial charge on any atom is -0.477 e. The van der Waals surface area contributed by atoms with Crippen LogP contribution in [-0.2, 0) is 4.79 Å². The minimum absolute atomic E-state index is 0.144. The highest BCUT2D eigenvalue weighted by Crippen LogP contribution is 2.27. The highest BCUT2D eigenvalue weighted by atomic mass is 16.5. The van der Waals surface area contributed by atoms with Crippen LogP contribution in [0.1, 0.15) is 6.92 Å². The SMILES string of the molecule is CC#CCNC(=O)C1CNc2ccccc2O1. The number of nitrogens with one attached hydrogen (secondary N) is 2. The van der Waals surface area contributed by atoms with Crippen molar-refractivity contribution in [1.29, 1.82) is 0 Å². The molecular weight excluding hydrogens is 216 g/mol. The molecule has 0 bridgehead atoms. The molecule has 1 aromatic rings. The Kier molecular flexibility index (Phi) is 3.51. The van der Waals surface area contributed by atoms with E-state index < -0.39 is 6.10 Å². The smallest absolute Gasteiger partial charge is 0.263 e. The van der Waals surface area contributed by atoms with Gasteiger partial charge in [-0.05, 0) is 19.1 Å². The van der Waals surface area contributed by atoms with Gasteiger partial charge in [0.1, 0.15) is 5.75 Å². The van der Waals surface area contributed by atoms with Crippen LogP contribution in [0, 0.1) is 11.8 Å². The number of para-hydroxylation sites is 2. The Balaban J connectivity index is 1.97. The van der Waals surface area contributed by atoms with Crippen molar-refractivity contribution < 1.29 is 9.53 Å². The first-order valence-corrected chi connectivity index (χ1v) is 5.48. The third kappa shape index (κ3) is 2.70. The molecule has 1 unspecified atom stereocenters. The number of carbonyl (C=O) groups excluding carboxylic acids is 1. The molecule has 1 atom stereocenters. The van der Waals surface area contributed by atoms with Gasteiger partial charge < -0.3 is 15.4 Å². The summed E-state index contributed by atoms with van der Waals surface area (Å²) >= 11 is 0. The number of hydrogen-bond acceptors (Lipinski definition) is 3. The van der Waals surface area contributed by atoms with Crippen LogP contribution < -0.4 is 15.4 Å². The molecule has 0 saturated carbocycles. The molecule has 1 aliphatic rings. The van der Waals surface area contributed by atoms with E-state index in [1.807, 2.05) is 24.3 Å². The van der Waals surface area contributed by atoms with E-state index in [-0.39, 0.29) is 5.91 Å². The summed E-state index contributed by atoms with van der Waals surface area (Å²) in [6.07, 6.45) is -0.497. The van der Waals surface area contributed by atoms with Gasteiger partial charge in [-0.3, -0.25) is 4.79 Å². The van der Waals surface area contributed by atoms with Crippen LogP contribution >= 0.6 is 0 Å². The molecule has 0 radical (unpaired) electrons. The average molecular weight is 230 g/mol. The molecule has 0 aromatic heterocycles. The standard InChI is InChI=1S/C13H14N2O2/c1-2-3-8-14-13(16)12-9-15-10-6-4-5-7-11(10)17-12/h4-7,12,15H,8-9H2,1H3,(H,14,16). The molecule has 0 spiro atoms. The summed E-state index contributed by atoms with van der Waals surface area (Å²) in [5.74, 6) is 6.06. The quantitative estimate of drug-likeness (QED) is 0.745. The first kappa shape index (κ1) is 11.3. The lowest BCUT2D eigenvalue weighted by atomic mass is 10.2. The van der Waals surface area contributed by atoms with Crippen molar-refractivity contribution in [2.24, 2.45) is 0 Å². The van der Waals surface area contributed by atoms with Crippen LogP contribution in [0.5, 0.6) is 5.75 Å². The number of ether oxygens (including phenoxy) is 1. The van der Waals surface area contributed by atoms with E-state index in [9.17, 15) is 4.79 Å². The van der Waals surface area contributed by atoms with E-state index in [0.29, 0.717) is 18.8 Å². The zero-order valence-electron chi connectivity index (χ0n) is 9.62. The molecule has 1 amide bonds. The fourth-order valence-corrected chi connectivity index (χ4v) is 1.59. The van der Waals surface area contributed by atoms with E-state index in [1.165, 1.54) is 0 Å². The zero-order valence-corrected chi connectivity index (χ0v) is 9.62. The van der Waals surface area contributed by atoms with Crippen molar-refractivity contribution >= 4 is 11.6 Å². The molecule has 4 nitrogen and oxygen atoms in total. The van der Waals surface area contributed by atoms with Gasteiger partial charge in [0.15, 0.2) is 6.10 Å². The summed E-state index contributed by atoms with van der Waals surface area (Å²) in [7, 11) is 0. The largest absolute Gasteiger partial charge is 0.477 e. The van der Waals surface area contributed by atoms with E-state index >= 15 is 0 Å². The number of benzene rings is 1. The van der Waals surface area contributed by atoms with Gasteiger partial charge in [0.25, 0.3) is 5.91 Å². The Bertz CT molecular complexity index is 474. The molecule has 4 heteroatoms. The van der Waals surface area contributed by atoms with Crippen molar-refractivity contribution in [2.75, 3.05) is 18.4 Å². The molecule has 0 saturated heterocycles. The maximum absolute atomic E-state index is 11.7. The monoisotopic (exact) mass is 230 g/mol. The third-order valence-electron chi connectivity index (χ3n) is 2.45. The van der Waals surface area contributed by atoms with Gasteiger partial charge in [-0.25, -0.2) is 0 Å². The van der Waals surface area contributed by atoms with Crippen LogP contribution in [0.3, 0.4) is 0 Å². The lowest BCUT2D eigenvalue weighted by molar-refractivity contribution is -0.127. The van der Waals surface area contributed by atoms with Gasteiger partial charge in [0.05, 0.1) is 18.8 Å². The fourth-order valence-electron chi connectivity index (χ4n) is 1.59. The fraction of sp³-hybridized carbons (Fsp3) is 0.308. The molecule has 2 N–H and O–H groups in total. The third-order valence-corrected chi connectivity index (χ3v) is 2.45. The van der Waals surface area contributed by atoms with E-state index in [4.69, 9.17) is 4.74 Å². The van der Waals surface area contributed by atoms with Gasteiger partial charge >= 0.3 is 0 Å². The second-order valence-electron chi connectivity index (χ2n) is 3.63. The average Bonchev–Trinajstić information content (AvgIpc) is 2.38. The van der Waals surface area contributed by atoms with Crippen molar-refractivity contribution in [1.82, 2.24) is 5.32 Å². The summed E-state index contributed by atoms with van der Waals surface area (Å²) < 4.78 is 5.60. The maximum Gasteiger partial charge on any atom is 0.263 e. The molecule has 0 aliphatic carbocycles. The highest BCUT2D eigenvalue weighted by Gasteiger charge is 2.24. The topological polar surface area (TPSA) is 50.4 Å². The number of fused-ring (bicyclic) bond motifs is 1. The molecule has 1 aliphatic heterocycles. The molecule has 17 heavy (non-hydrogen) atoms. The predicted molar refractivity (Wildman–Crippen MR) is 65.8 cm³/mol. The summed E-state index contributed by atoms with van der Waals surface area (Å²) in [5, 5.41) is 5.87. The van der Waals surface area contributed by atoms with Crippen LogP contribution in [0.15, 0.2) is 24.3 Å². The molecule has 1 heterocycles. The van der Waals surface area contributed by atoms with Crippen LogP contribution in [0.25, 0.3) is 0 Å². The van der Waals surface area contributed by atoms with Gasteiger partial charge in [-0.2, -0.15) is 0 Å². The summed E-state index contributed by atoms with van der Waals surface area (Å²) in [6, 6.07) is 7.56. The second-order valence-corrected chi connectivity index (χ2v) is 3.63. The van der Waals surface area contributed by atoms with Gasteiger partial charge in [0.2, 0.25) is 0 Å². The van der Waals surface area contributed by atoms with Gasteiger partial charge in [-0.15, -0.1) is 5.92 Å². The Morgan fingerprint density at radius 3 is 3.24 bits per heavy atom. The van der Waals surface area contributed by atoms with Crippen LogP contribution in [0.4, 0.5) is 5.69 Å². The van der Waals surface area contributed by atoms with Gasteiger partial charge in [0, 0.05) is 0 Å². The molecule has 88 valence electrons. The van der Waals surface area contributed by atoms with Crippen molar-refractivity contribution in [3.05, 3.63) is 24.3 Å².